The Labute approximate surface area is 169 Å². The number of hydrogen-bond acceptors (Lipinski definition) is 4. The van der Waals surface area contributed by atoms with Crippen LogP contribution in [0.5, 0.6) is 0 Å². The molecule has 3 aliphatic heterocycles. The van der Waals surface area contributed by atoms with Gasteiger partial charge in [-0.1, -0.05) is 25.5 Å². The Kier molecular flexibility index (Phi) is 6.53. The average molecular weight is 386 g/mol. The molecule has 3 heterocycles. The predicted octanol–water partition coefficient (Wildman–Crippen LogP) is 3.14. The Morgan fingerprint density at radius 2 is 2.00 bits per heavy atom. The summed E-state index contributed by atoms with van der Waals surface area (Å²) in [4.78, 5) is 19.7. The molecular formula is C23H35N3O2. The van der Waals surface area contributed by atoms with Gasteiger partial charge in [-0.05, 0) is 42.9 Å². The Morgan fingerprint density at radius 1 is 1.14 bits per heavy atom. The highest BCUT2D eigenvalue weighted by Gasteiger charge is 2.38. The number of piperidine rings is 2. The standard InChI is InChI=1S/C23H35N3O2/c1-2-3-10-26-22-9-11-24(18-20(22)7-8-23(26)27)17-19-5-4-6-21(16-19)25-12-14-28-15-13-25/h4-6,16,20,22H,2-3,7-15,17-18H2,1H3/t20-,22+/m0/s1. The van der Waals surface area contributed by atoms with Gasteiger partial charge in [-0.2, -0.15) is 0 Å². The average Bonchev–Trinajstić information content (AvgIpc) is 2.74. The molecule has 0 radical (unpaired) electrons. The van der Waals surface area contributed by atoms with Crippen molar-refractivity contribution in [1.82, 2.24) is 9.80 Å². The minimum atomic E-state index is 0.390. The second kappa shape index (κ2) is 9.27. The predicted molar refractivity (Wildman–Crippen MR) is 113 cm³/mol. The lowest BCUT2D eigenvalue weighted by Gasteiger charge is -2.47. The van der Waals surface area contributed by atoms with Crippen molar-refractivity contribution in [3.05, 3.63) is 29.8 Å². The summed E-state index contributed by atoms with van der Waals surface area (Å²) in [5, 5.41) is 0. The topological polar surface area (TPSA) is 36.0 Å². The van der Waals surface area contributed by atoms with Crippen LogP contribution in [0.1, 0.15) is 44.6 Å². The number of carbonyl (C=O) groups excluding carboxylic acids is 1. The summed E-state index contributed by atoms with van der Waals surface area (Å²) in [6.07, 6.45) is 5.23. The SMILES string of the molecule is CCCCN1C(=O)CC[C@H]2CN(Cc3cccc(N4CCOCC4)c3)CC[C@H]21. The zero-order valence-electron chi connectivity index (χ0n) is 17.3. The van der Waals surface area contributed by atoms with Gasteiger partial charge in [0.2, 0.25) is 5.91 Å². The molecule has 154 valence electrons. The van der Waals surface area contributed by atoms with Gasteiger partial charge in [0.25, 0.3) is 0 Å². The van der Waals surface area contributed by atoms with E-state index in [4.69, 9.17) is 4.74 Å². The van der Waals surface area contributed by atoms with E-state index >= 15 is 0 Å². The zero-order chi connectivity index (χ0) is 19.3. The van der Waals surface area contributed by atoms with Gasteiger partial charge in [0.05, 0.1) is 13.2 Å². The third-order valence-corrected chi connectivity index (χ3v) is 6.67. The number of benzene rings is 1. The zero-order valence-corrected chi connectivity index (χ0v) is 17.3. The van der Waals surface area contributed by atoms with Gasteiger partial charge in [0, 0.05) is 57.4 Å². The number of ether oxygens (including phenoxy) is 1. The van der Waals surface area contributed by atoms with Gasteiger partial charge in [-0.25, -0.2) is 0 Å². The summed E-state index contributed by atoms with van der Waals surface area (Å²) in [7, 11) is 0. The molecule has 1 aromatic rings. The van der Waals surface area contributed by atoms with Crippen molar-refractivity contribution in [3.63, 3.8) is 0 Å². The summed E-state index contributed by atoms with van der Waals surface area (Å²) in [6, 6.07) is 9.50. The van der Waals surface area contributed by atoms with Crippen molar-refractivity contribution in [3.8, 4) is 0 Å². The Bertz CT molecular complexity index is 659. The molecule has 3 saturated heterocycles. The molecule has 5 heteroatoms. The largest absolute Gasteiger partial charge is 0.378 e. The normalized spacial score (nSPS) is 26.4. The fourth-order valence-corrected chi connectivity index (χ4v) is 5.12. The molecular weight excluding hydrogens is 350 g/mol. The summed E-state index contributed by atoms with van der Waals surface area (Å²) in [5.41, 5.74) is 2.72. The summed E-state index contributed by atoms with van der Waals surface area (Å²) >= 11 is 0. The van der Waals surface area contributed by atoms with Crippen LogP contribution in [0.15, 0.2) is 24.3 Å². The molecule has 0 aliphatic carbocycles. The molecule has 2 atom stereocenters. The Morgan fingerprint density at radius 3 is 2.82 bits per heavy atom. The van der Waals surface area contributed by atoms with E-state index in [1.54, 1.807) is 0 Å². The van der Waals surface area contributed by atoms with Crippen LogP contribution in [0, 0.1) is 5.92 Å². The smallest absolute Gasteiger partial charge is 0.222 e. The first-order valence-electron chi connectivity index (χ1n) is 11.2. The second-order valence-corrected chi connectivity index (χ2v) is 8.60. The lowest BCUT2D eigenvalue weighted by molar-refractivity contribution is -0.141. The molecule has 0 unspecified atom stereocenters. The maximum absolute atomic E-state index is 12.4. The van der Waals surface area contributed by atoms with Crippen LogP contribution in [0.4, 0.5) is 5.69 Å². The Balaban J connectivity index is 1.36. The number of unbranched alkanes of at least 4 members (excludes halogenated alkanes) is 1. The van der Waals surface area contributed by atoms with E-state index in [0.717, 1.165) is 84.6 Å². The number of amides is 1. The van der Waals surface area contributed by atoms with E-state index in [0.29, 0.717) is 17.9 Å². The number of likely N-dealkylation sites (tertiary alicyclic amines) is 2. The molecule has 0 N–H and O–H groups in total. The molecule has 4 rings (SSSR count). The molecule has 1 amide bonds. The molecule has 0 aromatic heterocycles. The highest BCUT2D eigenvalue weighted by atomic mass is 16.5. The fraction of sp³-hybridized carbons (Fsp3) is 0.696. The van der Waals surface area contributed by atoms with Crippen LogP contribution in [0.3, 0.4) is 0 Å². The number of carbonyl (C=O) groups is 1. The first-order valence-corrected chi connectivity index (χ1v) is 11.2. The highest BCUT2D eigenvalue weighted by molar-refractivity contribution is 5.77. The molecule has 1 aromatic carbocycles. The van der Waals surface area contributed by atoms with Crippen molar-refractivity contribution >= 4 is 11.6 Å². The van der Waals surface area contributed by atoms with Crippen LogP contribution in [0.2, 0.25) is 0 Å². The summed E-state index contributed by atoms with van der Waals surface area (Å²) in [5.74, 6) is 1.03. The number of nitrogens with zero attached hydrogens (tertiary/aromatic N) is 3. The van der Waals surface area contributed by atoms with Gasteiger partial charge in [-0.15, -0.1) is 0 Å². The van der Waals surface area contributed by atoms with E-state index in [1.165, 1.54) is 11.3 Å². The number of hydrogen-bond donors (Lipinski definition) is 0. The lowest BCUT2D eigenvalue weighted by atomic mass is 9.83. The maximum Gasteiger partial charge on any atom is 0.222 e. The van der Waals surface area contributed by atoms with Crippen molar-refractivity contribution < 1.29 is 9.53 Å². The summed E-state index contributed by atoms with van der Waals surface area (Å²) in [6.45, 7) is 10.0. The molecule has 5 nitrogen and oxygen atoms in total. The third kappa shape index (κ3) is 4.52. The molecule has 3 fully saturated rings. The number of fused-ring (bicyclic) bond motifs is 1. The van der Waals surface area contributed by atoms with Crippen molar-refractivity contribution in [2.75, 3.05) is 50.8 Å². The molecule has 0 saturated carbocycles. The van der Waals surface area contributed by atoms with Crippen LogP contribution < -0.4 is 4.90 Å². The van der Waals surface area contributed by atoms with Gasteiger partial charge in [-0.3, -0.25) is 9.69 Å². The van der Waals surface area contributed by atoms with Crippen LogP contribution >= 0.6 is 0 Å². The van der Waals surface area contributed by atoms with E-state index in [9.17, 15) is 4.79 Å². The third-order valence-electron chi connectivity index (χ3n) is 6.67. The van der Waals surface area contributed by atoms with Crippen molar-refractivity contribution in [1.29, 1.82) is 0 Å². The molecule has 28 heavy (non-hydrogen) atoms. The first kappa shape index (κ1) is 19.7. The molecule has 0 bridgehead atoms. The van der Waals surface area contributed by atoms with Crippen molar-refractivity contribution in [2.45, 2.75) is 51.6 Å². The van der Waals surface area contributed by atoms with E-state index < -0.39 is 0 Å². The number of rotatable bonds is 6. The second-order valence-electron chi connectivity index (χ2n) is 8.60. The van der Waals surface area contributed by atoms with Crippen LogP contribution in [0.25, 0.3) is 0 Å². The minimum absolute atomic E-state index is 0.390. The fourth-order valence-electron chi connectivity index (χ4n) is 5.12. The number of anilines is 1. The quantitative estimate of drug-likeness (QED) is 0.754. The van der Waals surface area contributed by atoms with Crippen LogP contribution in [-0.4, -0.2) is 67.7 Å². The molecule has 0 spiro atoms. The van der Waals surface area contributed by atoms with Gasteiger partial charge in [0.15, 0.2) is 0 Å². The monoisotopic (exact) mass is 385 g/mol. The highest BCUT2D eigenvalue weighted by Crippen LogP contribution is 2.32. The van der Waals surface area contributed by atoms with Gasteiger partial charge < -0.3 is 14.5 Å². The molecule has 3 aliphatic rings. The minimum Gasteiger partial charge on any atom is -0.378 e. The number of morpholine rings is 1. The van der Waals surface area contributed by atoms with Crippen LogP contribution in [-0.2, 0) is 16.1 Å². The van der Waals surface area contributed by atoms with Gasteiger partial charge >= 0.3 is 0 Å². The summed E-state index contributed by atoms with van der Waals surface area (Å²) < 4.78 is 5.49. The first-order chi connectivity index (χ1) is 13.7. The van der Waals surface area contributed by atoms with E-state index in [-0.39, 0.29) is 0 Å². The Hall–Kier alpha value is -1.59. The van der Waals surface area contributed by atoms with E-state index in [1.807, 2.05) is 0 Å². The van der Waals surface area contributed by atoms with Crippen molar-refractivity contribution in [2.24, 2.45) is 5.92 Å². The lowest BCUT2D eigenvalue weighted by Crippen LogP contribution is -2.55. The maximum atomic E-state index is 12.4. The van der Waals surface area contributed by atoms with Gasteiger partial charge in [0.1, 0.15) is 0 Å². The van der Waals surface area contributed by atoms with E-state index in [2.05, 4.69) is 45.9 Å².